The average molecular weight is 328 g/mol. The lowest BCUT2D eigenvalue weighted by atomic mass is 9.77. The largest absolute Gasteiger partial charge is 0.488 e. The molecule has 1 aliphatic carbocycles. The highest BCUT2D eigenvalue weighted by Gasteiger charge is 2.41. The lowest BCUT2D eigenvalue weighted by molar-refractivity contribution is 0.334. The molecular formula is C23H20O2. The fraction of sp³-hybridized carbons (Fsp3) is 0.217. The van der Waals surface area contributed by atoms with Crippen molar-refractivity contribution in [2.24, 2.45) is 0 Å². The number of hydrogen-bond donors (Lipinski definition) is 1. The Hall–Kier alpha value is -2.58. The van der Waals surface area contributed by atoms with E-state index in [4.69, 9.17) is 4.74 Å². The van der Waals surface area contributed by atoms with Gasteiger partial charge in [-0.15, -0.1) is 0 Å². The van der Waals surface area contributed by atoms with Crippen molar-refractivity contribution < 1.29 is 9.84 Å². The third kappa shape index (κ3) is 1.78. The number of ether oxygens (including phenoxy) is 1. The standard InChI is InChI=1S/C23H20O2/c1-23(2)18-10-6-5-9-17(18)20-15-7-3-4-8-16(15)22-19(21(20)23)14(13-24)11-12-25-22/h3-11,24H,12-13H2,1-2H3. The first-order chi connectivity index (χ1) is 12.1. The molecule has 3 aromatic carbocycles. The summed E-state index contributed by atoms with van der Waals surface area (Å²) in [7, 11) is 0. The van der Waals surface area contributed by atoms with Gasteiger partial charge in [-0.2, -0.15) is 0 Å². The molecule has 3 aromatic rings. The van der Waals surface area contributed by atoms with E-state index in [-0.39, 0.29) is 12.0 Å². The zero-order chi connectivity index (χ0) is 17.2. The van der Waals surface area contributed by atoms with Crippen LogP contribution in [0.25, 0.3) is 27.5 Å². The molecule has 0 amide bonds. The molecule has 0 saturated carbocycles. The lowest BCUT2D eigenvalue weighted by Crippen LogP contribution is -2.20. The summed E-state index contributed by atoms with van der Waals surface area (Å²) in [5.41, 5.74) is 7.14. The summed E-state index contributed by atoms with van der Waals surface area (Å²) < 4.78 is 6.10. The van der Waals surface area contributed by atoms with Crippen LogP contribution in [0.1, 0.15) is 30.5 Å². The molecule has 0 saturated heterocycles. The normalized spacial score (nSPS) is 16.7. The zero-order valence-corrected chi connectivity index (χ0v) is 14.5. The first-order valence-corrected chi connectivity index (χ1v) is 8.76. The van der Waals surface area contributed by atoms with E-state index >= 15 is 0 Å². The predicted molar refractivity (Wildman–Crippen MR) is 102 cm³/mol. The van der Waals surface area contributed by atoms with Crippen LogP contribution in [0.4, 0.5) is 0 Å². The summed E-state index contributed by atoms with van der Waals surface area (Å²) in [6.07, 6.45) is 2.01. The zero-order valence-electron chi connectivity index (χ0n) is 14.5. The van der Waals surface area contributed by atoms with Crippen LogP contribution in [-0.4, -0.2) is 18.3 Å². The molecule has 0 spiro atoms. The second-order valence-electron chi connectivity index (χ2n) is 7.37. The van der Waals surface area contributed by atoms with E-state index in [0.717, 1.165) is 22.3 Å². The number of hydrogen-bond acceptors (Lipinski definition) is 2. The van der Waals surface area contributed by atoms with Gasteiger partial charge in [0.15, 0.2) is 0 Å². The van der Waals surface area contributed by atoms with Crippen LogP contribution in [0.5, 0.6) is 5.75 Å². The molecule has 0 fully saturated rings. The molecule has 1 N–H and O–H groups in total. The molecule has 0 bridgehead atoms. The topological polar surface area (TPSA) is 29.5 Å². The quantitative estimate of drug-likeness (QED) is 0.687. The van der Waals surface area contributed by atoms with Gasteiger partial charge >= 0.3 is 0 Å². The molecule has 2 nitrogen and oxygen atoms in total. The summed E-state index contributed by atoms with van der Waals surface area (Å²) in [6.45, 7) is 5.10. The Morgan fingerprint density at radius 1 is 0.960 bits per heavy atom. The molecule has 0 aromatic heterocycles. The van der Waals surface area contributed by atoms with Crippen LogP contribution in [-0.2, 0) is 5.41 Å². The maximum atomic E-state index is 10.0. The van der Waals surface area contributed by atoms with Crippen LogP contribution in [0.2, 0.25) is 0 Å². The maximum Gasteiger partial charge on any atom is 0.135 e. The van der Waals surface area contributed by atoms with Gasteiger partial charge in [0.05, 0.1) is 6.61 Å². The molecule has 2 heteroatoms. The fourth-order valence-electron chi connectivity index (χ4n) is 4.62. The average Bonchev–Trinajstić information content (AvgIpc) is 2.89. The minimum Gasteiger partial charge on any atom is -0.488 e. The van der Waals surface area contributed by atoms with Crippen LogP contribution in [0.15, 0.2) is 54.6 Å². The molecule has 0 radical (unpaired) electrons. The molecule has 25 heavy (non-hydrogen) atoms. The second-order valence-corrected chi connectivity index (χ2v) is 7.37. The third-order valence-corrected chi connectivity index (χ3v) is 5.71. The molecule has 5 rings (SSSR count). The van der Waals surface area contributed by atoms with E-state index in [1.165, 1.54) is 27.6 Å². The highest BCUT2D eigenvalue weighted by molar-refractivity contribution is 6.09. The number of aliphatic hydroxyl groups excluding tert-OH is 1. The monoisotopic (exact) mass is 328 g/mol. The highest BCUT2D eigenvalue weighted by atomic mass is 16.5. The van der Waals surface area contributed by atoms with Gasteiger partial charge in [-0.05, 0) is 39.3 Å². The summed E-state index contributed by atoms with van der Waals surface area (Å²) in [5, 5.41) is 12.4. The van der Waals surface area contributed by atoms with E-state index in [0.29, 0.717) is 6.61 Å². The summed E-state index contributed by atoms with van der Waals surface area (Å²) in [4.78, 5) is 0. The number of aliphatic hydroxyl groups is 1. The summed E-state index contributed by atoms with van der Waals surface area (Å²) in [6, 6.07) is 17.1. The summed E-state index contributed by atoms with van der Waals surface area (Å²) >= 11 is 0. The maximum absolute atomic E-state index is 10.0. The molecule has 0 unspecified atom stereocenters. The van der Waals surface area contributed by atoms with Crippen LogP contribution in [0.3, 0.4) is 0 Å². The third-order valence-electron chi connectivity index (χ3n) is 5.71. The lowest BCUT2D eigenvalue weighted by Gasteiger charge is -2.29. The van der Waals surface area contributed by atoms with Crippen molar-refractivity contribution in [1.29, 1.82) is 0 Å². The van der Waals surface area contributed by atoms with E-state index in [1.807, 2.05) is 6.08 Å². The van der Waals surface area contributed by atoms with Crippen molar-refractivity contribution in [3.63, 3.8) is 0 Å². The van der Waals surface area contributed by atoms with Gasteiger partial charge in [-0.3, -0.25) is 0 Å². The fourth-order valence-corrected chi connectivity index (χ4v) is 4.62. The van der Waals surface area contributed by atoms with E-state index in [2.05, 4.69) is 62.4 Å². The first kappa shape index (κ1) is 14.7. The molecule has 1 aliphatic heterocycles. The van der Waals surface area contributed by atoms with Gasteiger partial charge in [-0.25, -0.2) is 0 Å². The van der Waals surface area contributed by atoms with Crippen molar-refractivity contribution in [3.8, 4) is 16.9 Å². The van der Waals surface area contributed by atoms with Gasteiger partial charge < -0.3 is 9.84 Å². The van der Waals surface area contributed by atoms with Crippen molar-refractivity contribution in [1.82, 2.24) is 0 Å². The molecule has 124 valence electrons. The molecule has 2 aliphatic rings. The molecular weight excluding hydrogens is 308 g/mol. The van der Waals surface area contributed by atoms with Crippen LogP contribution in [0, 0.1) is 0 Å². The minimum atomic E-state index is -0.130. The number of fused-ring (bicyclic) bond motifs is 8. The Balaban J connectivity index is 2.04. The van der Waals surface area contributed by atoms with Gasteiger partial charge in [-0.1, -0.05) is 62.4 Å². The molecule has 0 atom stereocenters. The van der Waals surface area contributed by atoms with E-state index in [9.17, 15) is 5.11 Å². The Kier molecular flexibility index (Phi) is 2.93. The number of benzene rings is 3. The smallest absolute Gasteiger partial charge is 0.135 e. The minimum absolute atomic E-state index is 0.0353. The van der Waals surface area contributed by atoms with Crippen molar-refractivity contribution in [2.75, 3.05) is 13.2 Å². The number of rotatable bonds is 1. The molecule has 1 heterocycles. The van der Waals surface area contributed by atoms with Gasteiger partial charge in [0.25, 0.3) is 0 Å². The Labute approximate surface area is 147 Å². The SMILES string of the molecule is CC1(C)c2ccccc2-c2c1c1c(c3ccccc23)OCC=C1CO. The van der Waals surface area contributed by atoms with Crippen molar-refractivity contribution in [2.45, 2.75) is 19.3 Å². The Morgan fingerprint density at radius 3 is 2.48 bits per heavy atom. The Bertz CT molecular complexity index is 1060. The van der Waals surface area contributed by atoms with Crippen molar-refractivity contribution >= 4 is 16.3 Å². The Morgan fingerprint density at radius 2 is 1.68 bits per heavy atom. The van der Waals surface area contributed by atoms with Crippen LogP contribution < -0.4 is 4.74 Å². The van der Waals surface area contributed by atoms with Gasteiger partial charge in [0.2, 0.25) is 0 Å². The van der Waals surface area contributed by atoms with Gasteiger partial charge in [0, 0.05) is 16.4 Å². The van der Waals surface area contributed by atoms with Gasteiger partial charge in [0.1, 0.15) is 12.4 Å². The van der Waals surface area contributed by atoms with E-state index < -0.39 is 0 Å². The second kappa shape index (κ2) is 4.96. The van der Waals surface area contributed by atoms with Crippen LogP contribution >= 0.6 is 0 Å². The summed E-state index contributed by atoms with van der Waals surface area (Å²) in [5.74, 6) is 0.918. The predicted octanol–water partition coefficient (Wildman–Crippen LogP) is 4.91. The van der Waals surface area contributed by atoms with E-state index in [1.54, 1.807) is 0 Å². The van der Waals surface area contributed by atoms with Crippen molar-refractivity contribution in [3.05, 3.63) is 71.3 Å². The first-order valence-electron chi connectivity index (χ1n) is 8.76. The highest BCUT2D eigenvalue weighted by Crippen LogP contribution is 2.57.